The second-order valence-corrected chi connectivity index (χ2v) is 6.39. The lowest BCUT2D eigenvalue weighted by atomic mass is 9.91. The predicted molar refractivity (Wildman–Crippen MR) is 81.8 cm³/mol. The van der Waals surface area contributed by atoms with Crippen LogP contribution < -0.4 is 10.2 Å². The predicted octanol–water partition coefficient (Wildman–Crippen LogP) is 3.50. The van der Waals surface area contributed by atoms with Gasteiger partial charge in [0.25, 0.3) is 0 Å². The van der Waals surface area contributed by atoms with Gasteiger partial charge in [-0.25, -0.2) is 0 Å². The Morgan fingerprint density at radius 3 is 2.53 bits per heavy atom. The van der Waals surface area contributed by atoms with Crippen LogP contribution in [0.2, 0.25) is 0 Å². The fourth-order valence-corrected chi connectivity index (χ4v) is 3.75. The van der Waals surface area contributed by atoms with E-state index >= 15 is 0 Å². The van der Waals surface area contributed by atoms with Gasteiger partial charge >= 0.3 is 0 Å². The summed E-state index contributed by atoms with van der Waals surface area (Å²) in [6, 6.07) is 9.73. The summed E-state index contributed by atoms with van der Waals surface area (Å²) in [6.45, 7) is 6.80. The van der Waals surface area contributed by atoms with Gasteiger partial charge in [-0.2, -0.15) is 0 Å². The topological polar surface area (TPSA) is 15.3 Å². The molecule has 1 unspecified atom stereocenters. The fourth-order valence-electron chi connectivity index (χ4n) is 3.75. The van der Waals surface area contributed by atoms with E-state index in [4.69, 9.17) is 0 Å². The van der Waals surface area contributed by atoms with Crippen molar-refractivity contribution in [3.05, 3.63) is 29.8 Å². The maximum atomic E-state index is 3.86. The summed E-state index contributed by atoms with van der Waals surface area (Å²) in [7, 11) is 0. The van der Waals surface area contributed by atoms with Crippen LogP contribution in [0.25, 0.3) is 0 Å². The van der Waals surface area contributed by atoms with Crippen LogP contribution in [0.15, 0.2) is 24.3 Å². The molecule has 1 atom stereocenters. The van der Waals surface area contributed by atoms with Crippen LogP contribution in [0.4, 0.5) is 5.69 Å². The molecule has 1 aromatic rings. The van der Waals surface area contributed by atoms with Crippen molar-refractivity contribution < 1.29 is 0 Å². The van der Waals surface area contributed by atoms with Gasteiger partial charge in [-0.3, -0.25) is 0 Å². The lowest BCUT2D eigenvalue weighted by Crippen LogP contribution is -2.63. The molecule has 1 saturated carbocycles. The molecule has 1 heterocycles. The van der Waals surface area contributed by atoms with Crippen molar-refractivity contribution in [2.45, 2.75) is 57.5 Å². The third-order valence-electron chi connectivity index (χ3n) is 5.02. The maximum Gasteiger partial charge on any atom is 0.0412 e. The summed E-state index contributed by atoms with van der Waals surface area (Å²) in [5, 5.41) is 3.86. The molecule has 0 bridgehead atoms. The van der Waals surface area contributed by atoms with Crippen molar-refractivity contribution in [1.82, 2.24) is 5.32 Å². The number of benzene rings is 1. The molecule has 2 heteroatoms. The molecule has 104 valence electrons. The van der Waals surface area contributed by atoms with E-state index < -0.39 is 0 Å². The Kier molecular flexibility index (Phi) is 3.53. The summed E-state index contributed by atoms with van der Waals surface area (Å²) >= 11 is 0. The summed E-state index contributed by atoms with van der Waals surface area (Å²) in [5.41, 5.74) is 3.16. The van der Waals surface area contributed by atoms with Crippen LogP contribution in [0, 0.1) is 6.92 Å². The third-order valence-corrected chi connectivity index (χ3v) is 5.02. The van der Waals surface area contributed by atoms with Crippen LogP contribution >= 0.6 is 0 Å². The summed E-state index contributed by atoms with van der Waals surface area (Å²) in [5.74, 6) is 0. The smallest absolute Gasteiger partial charge is 0.0412 e. The van der Waals surface area contributed by atoms with Crippen molar-refractivity contribution in [3.8, 4) is 0 Å². The van der Waals surface area contributed by atoms with E-state index in [1.54, 1.807) is 0 Å². The van der Waals surface area contributed by atoms with Crippen LogP contribution in [-0.4, -0.2) is 24.7 Å². The zero-order chi connectivity index (χ0) is 13.3. The van der Waals surface area contributed by atoms with Gasteiger partial charge in [-0.1, -0.05) is 37.5 Å². The minimum Gasteiger partial charge on any atom is -0.365 e. The van der Waals surface area contributed by atoms with E-state index in [0.29, 0.717) is 11.6 Å². The number of nitrogens with zero attached hydrogens (tertiary/aromatic N) is 1. The van der Waals surface area contributed by atoms with E-state index in [1.807, 2.05) is 0 Å². The highest BCUT2D eigenvalue weighted by atomic mass is 15.3. The van der Waals surface area contributed by atoms with Crippen LogP contribution in [0.5, 0.6) is 0 Å². The fraction of sp³-hybridized carbons (Fsp3) is 0.647. The quantitative estimate of drug-likeness (QED) is 0.873. The molecule has 1 aromatic carbocycles. The number of piperazine rings is 1. The third kappa shape index (κ3) is 2.51. The van der Waals surface area contributed by atoms with Gasteiger partial charge in [-0.05, 0) is 38.3 Å². The maximum absolute atomic E-state index is 3.86. The van der Waals surface area contributed by atoms with Crippen molar-refractivity contribution in [2.75, 3.05) is 18.0 Å². The van der Waals surface area contributed by atoms with Gasteiger partial charge in [0.15, 0.2) is 0 Å². The molecule has 19 heavy (non-hydrogen) atoms. The van der Waals surface area contributed by atoms with E-state index in [2.05, 4.69) is 48.3 Å². The number of hydrogen-bond acceptors (Lipinski definition) is 2. The summed E-state index contributed by atoms with van der Waals surface area (Å²) < 4.78 is 0. The highest BCUT2D eigenvalue weighted by Gasteiger charge is 2.40. The second-order valence-electron chi connectivity index (χ2n) is 6.39. The highest BCUT2D eigenvalue weighted by Crippen LogP contribution is 2.35. The minimum atomic E-state index is 0.399. The van der Waals surface area contributed by atoms with Crippen molar-refractivity contribution in [2.24, 2.45) is 0 Å². The Labute approximate surface area is 117 Å². The Morgan fingerprint density at radius 1 is 1.21 bits per heavy atom. The number of anilines is 1. The Hall–Kier alpha value is -1.02. The average molecular weight is 258 g/mol. The van der Waals surface area contributed by atoms with Gasteiger partial charge in [0.2, 0.25) is 0 Å². The molecular formula is C17H26N2. The van der Waals surface area contributed by atoms with Crippen molar-refractivity contribution >= 4 is 5.69 Å². The van der Waals surface area contributed by atoms with Gasteiger partial charge in [0.05, 0.1) is 0 Å². The van der Waals surface area contributed by atoms with Crippen molar-refractivity contribution in [3.63, 3.8) is 0 Å². The normalized spacial score (nSPS) is 26.0. The van der Waals surface area contributed by atoms with E-state index in [0.717, 1.165) is 6.54 Å². The first-order valence-corrected chi connectivity index (χ1v) is 7.81. The first kappa shape index (κ1) is 13.0. The minimum absolute atomic E-state index is 0.399. The molecule has 2 nitrogen and oxygen atoms in total. The largest absolute Gasteiger partial charge is 0.365 e. The standard InChI is InChI=1S/C17H26N2/c1-3-15-12-18-17(10-4-5-11-17)13-19(15)16-8-6-14(2)7-9-16/h6-9,15,18H,3-5,10-13H2,1-2H3. The van der Waals surface area contributed by atoms with Crippen LogP contribution in [0.3, 0.4) is 0 Å². The van der Waals surface area contributed by atoms with Gasteiger partial charge in [0.1, 0.15) is 0 Å². The molecule has 1 aliphatic carbocycles. The molecule has 1 N–H and O–H groups in total. The van der Waals surface area contributed by atoms with Gasteiger partial charge in [0, 0.05) is 30.4 Å². The van der Waals surface area contributed by atoms with Crippen molar-refractivity contribution in [1.29, 1.82) is 0 Å². The number of hydrogen-bond donors (Lipinski definition) is 1. The SMILES string of the molecule is CCC1CNC2(CCCC2)CN1c1ccc(C)cc1. The molecular weight excluding hydrogens is 232 g/mol. The number of nitrogens with one attached hydrogen (secondary N) is 1. The molecule has 0 radical (unpaired) electrons. The van der Waals surface area contributed by atoms with E-state index in [-0.39, 0.29) is 0 Å². The Balaban J connectivity index is 1.84. The molecule has 1 spiro atoms. The first-order chi connectivity index (χ1) is 9.22. The zero-order valence-corrected chi connectivity index (χ0v) is 12.3. The average Bonchev–Trinajstić information content (AvgIpc) is 2.88. The molecule has 0 amide bonds. The molecule has 2 fully saturated rings. The summed E-state index contributed by atoms with van der Waals surface area (Å²) in [4.78, 5) is 2.65. The van der Waals surface area contributed by atoms with Gasteiger partial charge < -0.3 is 10.2 Å². The lowest BCUT2D eigenvalue weighted by molar-refractivity contribution is 0.267. The van der Waals surface area contributed by atoms with E-state index in [9.17, 15) is 0 Å². The van der Waals surface area contributed by atoms with Crippen LogP contribution in [-0.2, 0) is 0 Å². The molecule has 1 aliphatic heterocycles. The molecule has 0 aromatic heterocycles. The van der Waals surface area contributed by atoms with Crippen LogP contribution in [0.1, 0.15) is 44.6 Å². The Morgan fingerprint density at radius 2 is 1.89 bits per heavy atom. The monoisotopic (exact) mass is 258 g/mol. The molecule has 1 saturated heterocycles. The highest BCUT2D eigenvalue weighted by molar-refractivity contribution is 5.50. The zero-order valence-electron chi connectivity index (χ0n) is 12.3. The van der Waals surface area contributed by atoms with E-state index in [1.165, 1.54) is 49.9 Å². The lowest BCUT2D eigenvalue weighted by Gasteiger charge is -2.47. The number of rotatable bonds is 2. The second kappa shape index (κ2) is 5.16. The number of aryl methyl sites for hydroxylation is 1. The summed E-state index contributed by atoms with van der Waals surface area (Å²) in [6.07, 6.45) is 6.71. The molecule has 3 rings (SSSR count). The van der Waals surface area contributed by atoms with Gasteiger partial charge in [-0.15, -0.1) is 0 Å². The Bertz CT molecular complexity index is 417. The first-order valence-electron chi connectivity index (χ1n) is 7.81. The molecule has 2 aliphatic rings.